The van der Waals surface area contributed by atoms with Crippen LogP contribution < -0.4 is 0 Å². The summed E-state index contributed by atoms with van der Waals surface area (Å²) >= 11 is 0. The van der Waals surface area contributed by atoms with E-state index in [-0.39, 0.29) is 18.1 Å². The van der Waals surface area contributed by atoms with Crippen molar-refractivity contribution in [2.24, 2.45) is 11.8 Å². The summed E-state index contributed by atoms with van der Waals surface area (Å²) in [6.07, 6.45) is 3.02. The Labute approximate surface area is 115 Å². The maximum absolute atomic E-state index is 10.5. The minimum atomic E-state index is -0.422. The van der Waals surface area contributed by atoms with Crippen molar-refractivity contribution in [3.05, 3.63) is 12.2 Å². The molecule has 5 atom stereocenters. The van der Waals surface area contributed by atoms with Crippen LogP contribution in [0.5, 0.6) is 0 Å². The first-order chi connectivity index (χ1) is 9.04. The van der Waals surface area contributed by atoms with Gasteiger partial charge in [0, 0.05) is 18.9 Å². The van der Waals surface area contributed by atoms with Crippen molar-refractivity contribution in [2.75, 3.05) is 0 Å². The highest BCUT2D eigenvalue weighted by Gasteiger charge is 2.41. The molecule has 1 fully saturated rings. The van der Waals surface area contributed by atoms with Crippen molar-refractivity contribution in [3.8, 4) is 0 Å². The second-order valence-electron chi connectivity index (χ2n) is 5.65. The summed E-state index contributed by atoms with van der Waals surface area (Å²) in [6, 6.07) is 0. The Morgan fingerprint density at radius 1 is 1.37 bits per heavy atom. The molecule has 0 bridgehead atoms. The van der Waals surface area contributed by atoms with Crippen LogP contribution in [0.1, 0.15) is 39.9 Å². The van der Waals surface area contributed by atoms with E-state index in [4.69, 9.17) is 4.74 Å². The number of hydrogen-bond donors (Lipinski definition) is 1. The summed E-state index contributed by atoms with van der Waals surface area (Å²) in [6.45, 7) is 9.24. The molecule has 0 aromatic carbocycles. The first-order valence-corrected chi connectivity index (χ1v) is 7.24. The van der Waals surface area contributed by atoms with Crippen LogP contribution in [0.25, 0.3) is 0 Å². The molecule has 1 saturated heterocycles. The van der Waals surface area contributed by atoms with E-state index in [1.165, 1.54) is 0 Å². The van der Waals surface area contributed by atoms with E-state index in [1.54, 1.807) is 6.33 Å². The lowest BCUT2D eigenvalue weighted by Gasteiger charge is -2.24. The lowest BCUT2D eigenvalue weighted by molar-refractivity contribution is 0.0231. The van der Waals surface area contributed by atoms with Crippen LogP contribution in [0.3, 0.4) is 0 Å². The number of aromatic nitrogens is 3. The van der Waals surface area contributed by atoms with Crippen LogP contribution in [0, 0.1) is 11.8 Å². The van der Waals surface area contributed by atoms with Gasteiger partial charge in [-0.05, 0) is 26.2 Å². The largest absolute Gasteiger partial charge is 0.392 e. The van der Waals surface area contributed by atoms with Gasteiger partial charge in [0.1, 0.15) is 12.2 Å². The predicted molar refractivity (Wildman–Crippen MR) is 72.7 cm³/mol. The molecule has 0 aliphatic carbocycles. The Morgan fingerprint density at radius 3 is 2.68 bits per heavy atom. The van der Waals surface area contributed by atoms with E-state index in [9.17, 15) is 5.11 Å². The molecule has 5 nitrogen and oxygen atoms in total. The van der Waals surface area contributed by atoms with Crippen molar-refractivity contribution in [1.29, 1.82) is 0 Å². The normalized spacial score (nSPS) is 32.7. The first-order valence-electron chi connectivity index (χ1n) is 7.24. The van der Waals surface area contributed by atoms with Gasteiger partial charge in [0.15, 0.2) is 0 Å². The number of aliphatic hydroxyl groups is 1. The van der Waals surface area contributed by atoms with Crippen molar-refractivity contribution in [2.45, 2.75) is 65.4 Å². The lowest BCUT2D eigenvalue weighted by atomic mass is 9.83. The molecule has 2 heterocycles. The molecule has 5 unspecified atom stereocenters. The van der Waals surface area contributed by atoms with Crippen LogP contribution >= 0.6 is 0 Å². The number of hydrogen-bond acceptors (Lipinski definition) is 4. The van der Waals surface area contributed by atoms with Gasteiger partial charge in [-0.1, -0.05) is 13.8 Å². The van der Waals surface area contributed by atoms with E-state index in [1.807, 2.05) is 11.6 Å². The molecule has 1 aliphatic heterocycles. The fourth-order valence-electron chi connectivity index (χ4n) is 3.12. The van der Waals surface area contributed by atoms with E-state index in [0.717, 1.165) is 18.8 Å². The van der Waals surface area contributed by atoms with Gasteiger partial charge in [-0.2, -0.15) is 5.10 Å². The van der Waals surface area contributed by atoms with Crippen LogP contribution in [-0.2, 0) is 17.7 Å². The Hall–Kier alpha value is -0.940. The minimum absolute atomic E-state index is 0.0996. The SMILES string of the molecule is CCCn1ncnc1CC(O)C1C(C)OC(C)C1C. The lowest BCUT2D eigenvalue weighted by Crippen LogP contribution is -2.33. The van der Waals surface area contributed by atoms with Gasteiger partial charge >= 0.3 is 0 Å². The van der Waals surface area contributed by atoms with Crippen LogP contribution in [-0.4, -0.2) is 38.2 Å². The van der Waals surface area contributed by atoms with Crippen molar-refractivity contribution in [3.63, 3.8) is 0 Å². The average Bonchev–Trinajstić information content (AvgIpc) is 2.86. The fraction of sp³-hybridized carbons (Fsp3) is 0.857. The van der Waals surface area contributed by atoms with E-state index < -0.39 is 6.10 Å². The zero-order chi connectivity index (χ0) is 14.0. The highest BCUT2D eigenvalue weighted by atomic mass is 16.5. The molecule has 1 aromatic heterocycles. The molecule has 0 spiro atoms. The quantitative estimate of drug-likeness (QED) is 0.881. The smallest absolute Gasteiger partial charge is 0.138 e. The maximum atomic E-state index is 10.5. The van der Waals surface area contributed by atoms with Gasteiger partial charge in [0.05, 0.1) is 18.3 Å². The minimum Gasteiger partial charge on any atom is -0.392 e. The van der Waals surface area contributed by atoms with E-state index >= 15 is 0 Å². The molecule has 0 amide bonds. The highest BCUT2D eigenvalue weighted by molar-refractivity contribution is 4.95. The molecule has 0 saturated carbocycles. The third-order valence-electron chi connectivity index (χ3n) is 4.29. The fourth-order valence-corrected chi connectivity index (χ4v) is 3.12. The van der Waals surface area contributed by atoms with Gasteiger partial charge in [0.2, 0.25) is 0 Å². The van der Waals surface area contributed by atoms with Gasteiger partial charge < -0.3 is 9.84 Å². The number of ether oxygens (including phenoxy) is 1. The Morgan fingerprint density at radius 2 is 2.11 bits per heavy atom. The number of aryl methyl sites for hydroxylation is 1. The van der Waals surface area contributed by atoms with Crippen molar-refractivity contribution < 1.29 is 9.84 Å². The maximum Gasteiger partial charge on any atom is 0.138 e. The molecule has 0 radical (unpaired) electrons. The molecule has 1 aromatic rings. The number of aliphatic hydroxyl groups excluding tert-OH is 1. The van der Waals surface area contributed by atoms with Crippen LogP contribution in [0.15, 0.2) is 6.33 Å². The summed E-state index contributed by atoms with van der Waals surface area (Å²) < 4.78 is 7.69. The Kier molecular flexibility index (Phi) is 4.58. The molecule has 5 heteroatoms. The number of rotatable bonds is 5. The Balaban J connectivity index is 2.04. The molecule has 2 rings (SSSR count). The Bertz CT molecular complexity index is 407. The topological polar surface area (TPSA) is 60.2 Å². The summed E-state index contributed by atoms with van der Waals surface area (Å²) in [7, 11) is 0. The second-order valence-corrected chi connectivity index (χ2v) is 5.65. The zero-order valence-corrected chi connectivity index (χ0v) is 12.3. The van der Waals surface area contributed by atoms with Gasteiger partial charge in [-0.25, -0.2) is 4.98 Å². The third-order valence-corrected chi connectivity index (χ3v) is 4.29. The average molecular weight is 267 g/mol. The van der Waals surface area contributed by atoms with Crippen molar-refractivity contribution in [1.82, 2.24) is 14.8 Å². The second kappa shape index (κ2) is 6.01. The molecule has 1 N–H and O–H groups in total. The molecular formula is C14H25N3O2. The van der Waals surface area contributed by atoms with Crippen LogP contribution in [0.4, 0.5) is 0 Å². The monoisotopic (exact) mass is 267 g/mol. The number of nitrogens with zero attached hydrogens (tertiary/aromatic N) is 3. The van der Waals surface area contributed by atoms with Gasteiger partial charge in [-0.3, -0.25) is 4.68 Å². The first kappa shape index (κ1) is 14.5. The molecular weight excluding hydrogens is 242 g/mol. The third kappa shape index (κ3) is 2.98. The molecule has 108 valence electrons. The zero-order valence-electron chi connectivity index (χ0n) is 12.3. The predicted octanol–water partition coefficient (Wildman–Crippen LogP) is 1.65. The van der Waals surface area contributed by atoms with E-state index in [0.29, 0.717) is 12.3 Å². The standard InChI is InChI=1S/C14H25N3O2/c1-5-6-17-13(15-8-16-17)7-12(18)14-9(2)10(3)19-11(14)4/h8-12,14,18H,5-7H2,1-4H3. The van der Waals surface area contributed by atoms with Gasteiger partial charge in [-0.15, -0.1) is 0 Å². The summed E-state index contributed by atoms with van der Waals surface area (Å²) in [5.74, 6) is 1.41. The highest BCUT2D eigenvalue weighted by Crippen LogP contribution is 2.35. The summed E-state index contributed by atoms with van der Waals surface area (Å²) in [5, 5.41) is 14.7. The van der Waals surface area contributed by atoms with Crippen molar-refractivity contribution >= 4 is 0 Å². The molecule has 1 aliphatic rings. The summed E-state index contributed by atoms with van der Waals surface area (Å²) in [4.78, 5) is 4.27. The van der Waals surface area contributed by atoms with E-state index in [2.05, 4.69) is 30.9 Å². The summed E-state index contributed by atoms with van der Waals surface area (Å²) in [5.41, 5.74) is 0. The van der Waals surface area contributed by atoms with Crippen LogP contribution in [0.2, 0.25) is 0 Å². The molecule has 19 heavy (non-hydrogen) atoms. The van der Waals surface area contributed by atoms with Gasteiger partial charge in [0.25, 0.3) is 0 Å².